The number of carbonyl (C=O) groups is 3. The zero-order chi connectivity index (χ0) is 50.6. The van der Waals surface area contributed by atoms with Crippen LogP contribution in [0.4, 0.5) is 0 Å². The highest BCUT2D eigenvalue weighted by Gasteiger charge is 2.31. The number of carboxylic acids is 1. The number of carboxylic acid groups (broad SMARTS) is 1. The molecule has 2 unspecified atom stereocenters. The number of hydrogen-bond donors (Lipinski definition) is 1. The Kier molecular flexibility index (Phi) is 51.4. The molecule has 0 fully saturated rings. The van der Waals surface area contributed by atoms with Gasteiger partial charge in [-0.05, 0) is 12.8 Å². The van der Waals surface area contributed by atoms with Crippen LogP contribution in [0.2, 0.25) is 0 Å². The lowest BCUT2D eigenvalue weighted by Gasteiger charge is -2.31. The van der Waals surface area contributed by atoms with E-state index in [4.69, 9.17) is 14.2 Å². The Morgan fingerprint density at radius 3 is 0.899 bits per heavy atom. The number of hydrogen-bond acceptors (Lipinski definition) is 6. The maximum Gasteiger partial charge on any atom is 0.362 e. The fourth-order valence-electron chi connectivity index (χ4n) is 9.80. The predicted octanol–water partition coefficient (Wildman–Crippen LogP) is 18.4. The average Bonchev–Trinajstić information content (AvgIpc) is 3.31. The molecule has 0 aromatic carbocycles. The number of carbonyl (C=O) groups excluding carboxylic acids is 2. The standard InChI is InChI=1S/C61H119NO7/c1-6-8-10-12-14-16-18-20-22-24-26-28-29-30-32-34-36-38-40-42-44-46-48-50-52-60(64)69-57(55-67-54-53-58(61(65)66)62(3,4)5)56-68-59(63)51-49-47-45-43-41-39-37-35-33-31-27-25-23-21-19-17-15-13-11-9-7-2/h57-58H,6-56H2,1-5H3/p+1. The highest BCUT2D eigenvalue weighted by molar-refractivity contribution is 5.72. The summed E-state index contributed by atoms with van der Waals surface area (Å²) in [5.74, 6) is -1.43. The highest BCUT2D eigenvalue weighted by Crippen LogP contribution is 2.19. The second-order valence-corrected chi connectivity index (χ2v) is 22.3. The van der Waals surface area contributed by atoms with Crippen molar-refractivity contribution < 1.29 is 38.2 Å². The molecule has 410 valence electrons. The van der Waals surface area contributed by atoms with Gasteiger partial charge in [-0.3, -0.25) is 9.59 Å². The van der Waals surface area contributed by atoms with Crippen LogP contribution in [0.1, 0.15) is 322 Å². The molecule has 0 saturated heterocycles. The molecule has 0 aromatic heterocycles. The van der Waals surface area contributed by atoms with E-state index >= 15 is 0 Å². The third kappa shape index (κ3) is 51.0. The average molecular weight is 980 g/mol. The van der Waals surface area contributed by atoms with Gasteiger partial charge in [0.2, 0.25) is 0 Å². The Bertz CT molecular complexity index is 1090. The van der Waals surface area contributed by atoms with Gasteiger partial charge < -0.3 is 23.8 Å². The first-order valence-electron chi connectivity index (χ1n) is 30.6. The Hall–Kier alpha value is -1.67. The molecule has 0 amide bonds. The van der Waals surface area contributed by atoms with Crippen LogP contribution in [-0.4, -0.2) is 80.6 Å². The van der Waals surface area contributed by atoms with Crippen LogP contribution in [0.5, 0.6) is 0 Å². The molecular weight excluding hydrogens is 859 g/mol. The second-order valence-electron chi connectivity index (χ2n) is 22.3. The van der Waals surface area contributed by atoms with Crippen LogP contribution in [0.3, 0.4) is 0 Å². The predicted molar refractivity (Wildman–Crippen MR) is 294 cm³/mol. The van der Waals surface area contributed by atoms with E-state index in [9.17, 15) is 19.5 Å². The molecule has 69 heavy (non-hydrogen) atoms. The first-order valence-corrected chi connectivity index (χ1v) is 30.6. The Balaban J connectivity index is 4.07. The summed E-state index contributed by atoms with van der Waals surface area (Å²) in [7, 11) is 5.56. The summed E-state index contributed by atoms with van der Waals surface area (Å²) in [5, 5.41) is 9.69. The van der Waals surface area contributed by atoms with Gasteiger partial charge in [0, 0.05) is 19.3 Å². The van der Waals surface area contributed by atoms with E-state index < -0.39 is 18.1 Å². The van der Waals surface area contributed by atoms with Gasteiger partial charge in [-0.15, -0.1) is 0 Å². The minimum absolute atomic E-state index is 0.0407. The van der Waals surface area contributed by atoms with Crippen molar-refractivity contribution in [3.05, 3.63) is 0 Å². The molecule has 0 aliphatic heterocycles. The van der Waals surface area contributed by atoms with Crippen LogP contribution < -0.4 is 0 Å². The van der Waals surface area contributed by atoms with Crippen molar-refractivity contribution in [2.24, 2.45) is 0 Å². The molecule has 8 nitrogen and oxygen atoms in total. The fourth-order valence-corrected chi connectivity index (χ4v) is 9.80. The Labute approximate surface area is 429 Å². The molecule has 8 heteroatoms. The van der Waals surface area contributed by atoms with Gasteiger partial charge in [-0.25, -0.2) is 4.79 Å². The minimum atomic E-state index is -0.867. The van der Waals surface area contributed by atoms with E-state index in [1.54, 1.807) is 0 Å². The zero-order valence-corrected chi connectivity index (χ0v) is 47.1. The molecule has 0 heterocycles. The number of rotatable bonds is 57. The number of likely N-dealkylation sites (N-methyl/N-ethyl adjacent to an activating group) is 1. The topological polar surface area (TPSA) is 99.1 Å². The van der Waals surface area contributed by atoms with Gasteiger partial charge in [-0.2, -0.15) is 0 Å². The monoisotopic (exact) mass is 979 g/mol. The third-order valence-electron chi connectivity index (χ3n) is 14.5. The molecule has 0 bridgehead atoms. The van der Waals surface area contributed by atoms with E-state index in [1.165, 1.54) is 250 Å². The summed E-state index contributed by atoms with van der Waals surface area (Å²) >= 11 is 0. The molecule has 0 rings (SSSR count). The van der Waals surface area contributed by atoms with E-state index in [-0.39, 0.29) is 36.2 Å². The fraction of sp³-hybridized carbons (Fsp3) is 0.951. The van der Waals surface area contributed by atoms with E-state index in [0.29, 0.717) is 19.3 Å². The van der Waals surface area contributed by atoms with Crippen LogP contribution in [0.15, 0.2) is 0 Å². The summed E-state index contributed by atoms with van der Waals surface area (Å²) in [5.41, 5.74) is 0. The Morgan fingerprint density at radius 2 is 0.638 bits per heavy atom. The molecule has 0 aliphatic carbocycles. The van der Waals surface area contributed by atoms with Crippen LogP contribution >= 0.6 is 0 Å². The van der Waals surface area contributed by atoms with Crippen molar-refractivity contribution in [1.82, 2.24) is 0 Å². The summed E-state index contributed by atoms with van der Waals surface area (Å²) < 4.78 is 17.5. The maximum atomic E-state index is 12.9. The Morgan fingerprint density at radius 1 is 0.377 bits per heavy atom. The molecule has 0 radical (unpaired) electrons. The van der Waals surface area contributed by atoms with Gasteiger partial charge in [0.1, 0.15) is 6.61 Å². The normalized spacial score (nSPS) is 12.7. The van der Waals surface area contributed by atoms with Gasteiger partial charge >= 0.3 is 17.9 Å². The first kappa shape index (κ1) is 67.3. The van der Waals surface area contributed by atoms with Crippen molar-refractivity contribution in [1.29, 1.82) is 0 Å². The van der Waals surface area contributed by atoms with Crippen molar-refractivity contribution in [2.75, 3.05) is 41.0 Å². The molecule has 1 N–H and O–H groups in total. The lowest BCUT2D eigenvalue weighted by molar-refractivity contribution is -0.887. The number of quaternary nitrogens is 1. The first-order chi connectivity index (χ1) is 33.6. The van der Waals surface area contributed by atoms with Crippen LogP contribution in [0.25, 0.3) is 0 Å². The number of unbranched alkanes of at least 4 members (excludes halogenated alkanes) is 43. The molecule has 0 spiro atoms. The number of aliphatic carboxylic acids is 1. The van der Waals surface area contributed by atoms with Crippen molar-refractivity contribution in [2.45, 2.75) is 334 Å². The van der Waals surface area contributed by atoms with Crippen molar-refractivity contribution in [3.63, 3.8) is 0 Å². The zero-order valence-electron chi connectivity index (χ0n) is 47.1. The number of ether oxygens (including phenoxy) is 3. The van der Waals surface area contributed by atoms with Gasteiger partial charge in [0.05, 0.1) is 34.4 Å². The van der Waals surface area contributed by atoms with Crippen molar-refractivity contribution >= 4 is 17.9 Å². The highest BCUT2D eigenvalue weighted by atomic mass is 16.6. The second kappa shape index (κ2) is 52.6. The molecule has 2 atom stereocenters. The number of esters is 2. The molecular formula is C61H120NO7+. The van der Waals surface area contributed by atoms with E-state index in [2.05, 4.69) is 13.8 Å². The van der Waals surface area contributed by atoms with E-state index in [1.807, 2.05) is 21.1 Å². The largest absolute Gasteiger partial charge is 0.477 e. The summed E-state index contributed by atoms with van der Waals surface area (Å²) in [6.45, 7) is 4.82. The SMILES string of the molecule is CCCCCCCCCCCCCCCCCCCCCCCCCCC(=O)OC(COCCC(C(=O)O)[N+](C)(C)C)COC(=O)CCCCCCCCCCCCCCCCCCCCCCC. The molecule has 0 aromatic rings. The third-order valence-corrected chi connectivity index (χ3v) is 14.5. The van der Waals surface area contributed by atoms with Crippen molar-refractivity contribution in [3.8, 4) is 0 Å². The lowest BCUT2D eigenvalue weighted by atomic mass is 10.0. The smallest absolute Gasteiger partial charge is 0.362 e. The maximum absolute atomic E-state index is 12.9. The van der Waals surface area contributed by atoms with Crippen LogP contribution in [0, 0.1) is 0 Å². The van der Waals surface area contributed by atoms with Gasteiger partial charge in [-0.1, -0.05) is 290 Å². The quantitative estimate of drug-likeness (QED) is 0.0368. The summed E-state index contributed by atoms with van der Waals surface area (Å²) in [4.78, 5) is 37.3. The summed E-state index contributed by atoms with van der Waals surface area (Å²) in [6, 6.07) is -0.610. The lowest BCUT2D eigenvalue weighted by Crippen LogP contribution is -2.50. The van der Waals surface area contributed by atoms with E-state index in [0.717, 1.165) is 38.5 Å². The minimum Gasteiger partial charge on any atom is -0.477 e. The number of nitrogens with zero attached hydrogens (tertiary/aromatic N) is 1. The molecule has 0 saturated carbocycles. The molecule has 0 aliphatic rings. The van der Waals surface area contributed by atoms with Gasteiger partial charge in [0.15, 0.2) is 12.1 Å². The summed E-state index contributed by atoms with van der Waals surface area (Å²) in [6.07, 6.45) is 60.3. The van der Waals surface area contributed by atoms with Crippen LogP contribution in [-0.2, 0) is 28.6 Å². The van der Waals surface area contributed by atoms with Gasteiger partial charge in [0.25, 0.3) is 0 Å².